The second kappa shape index (κ2) is 6.09. The smallest absolute Gasteiger partial charge is 0.255 e. The maximum atomic E-state index is 12.3. The van der Waals surface area contributed by atoms with E-state index in [0.29, 0.717) is 5.56 Å². The minimum absolute atomic E-state index is 0.108. The van der Waals surface area contributed by atoms with Crippen LogP contribution in [0, 0.1) is 6.92 Å². The standard InChI is InChI=1S/C16H17BrN2O/c1-11-8-12(10-13(17)9-11)16(20)18-14-6-4-5-7-15(14)19(2)3/h4-10H,1-3H3,(H,18,20). The molecule has 0 bridgehead atoms. The van der Waals surface area contributed by atoms with Gasteiger partial charge in [-0.15, -0.1) is 0 Å². The molecule has 1 amide bonds. The average molecular weight is 333 g/mol. The van der Waals surface area contributed by atoms with Crippen LogP contribution in [-0.4, -0.2) is 20.0 Å². The van der Waals surface area contributed by atoms with Crippen LogP contribution in [-0.2, 0) is 0 Å². The third-order valence-corrected chi connectivity index (χ3v) is 3.40. The molecule has 2 aromatic rings. The van der Waals surface area contributed by atoms with Crippen molar-refractivity contribution in [2.24, 2.45) is 0 Å². The number of benzene rings is 2. The SMILES string of the molecule is Cc1cc(Br)cc(C(=O)Nc2ccccc2N(C)C)c1. The van der Waals surface area contributed by atoms with Crippen LogP contribution in [0.15, 0.2) is 46.9 Å². The minimum atomic E-state index is -0.108. The molecule has 0 fully saturated rings. The van der Waals surface area contributed by atoms with E-state index >= 15 is 0 Å². The first kappa shape index (κ1) is 14.6. The zero-order chi connectivity index (χ0) is 14.7. The summed E-state index contributed by atoms with van der Waals surface area (Å²) >= 11 is 3.42. The molecule has 20 heavy (non-hydrogen) atoms. The topological polar surface area (TPSA) is 32.3 Å². The highest BCUT2D eigenvalue weighted by Gasteiger charge is 2.10. The number of halogens is 1. The Bertz CT molecular complexity index is 618. The van der Waals surface area contributed by atoms with Crippen molar-refractivity contribution in [2.75, 3.05) is 24.3 Å². The van der Waals surface area contributed by atoms with Gasteiger partial charge in [-0.05, 0) is 42.8 Å². The molecule has 0 aromatic heterocycles. The summed E-state index contributed by atoms with van der Waals surface area (Å²) in [7, 11) is 3.91. The molecule has 0 radical (unpaired) electrons. The summed E-state index contributed by atoms with van der Waals surface area (Å²) in [5.41, 5.74) is 3.48. The van der Waals surface area contributed by atoms with Crippen LogP contribution in [0.2, 0.25) is 0 Å². The Morgan fingerprint density at radius 2 is 1.85 bits per heavy atom. The third kappa shape index (κ3) is 3.39. The van der Waals surface area contributed by atoms with Gasteiger partial charge in [-0.2, -0.15) is 0 Å². The van der Waals surface area contributed by atoms with Crippen molar-refractivity contribution in [3.63, 3.8) is 0 Å². The first-order valence-electron chi connectivity index (χ1n) is 6.32. The fourth-order valence-electron chi connectivity index (χ4n) is 2.03. The van der Waals surface area contributed by atoms with Gasteiger partial charge in [0.1, 0.15) is 0 Å². The molecule has 0 spiro atoms. The average Bonchev–Trinajstić information content (AvgIpc) is 2.37. The normalized spacial score (nSPS) is 10.2. The summed E-state index contributed by atoms with van der Waals surface area (Å²) in [5, 5.41) is 2.96. The van der Waals surface area contributed by atoms with Crippen LogP contribution >= 0.6 is 15.9 Å². The number of rotatable bonds is 3. The molecule has 2 aromatic carbocycles. The van der Waals surface area contributed by atoms with E-state index in [0.717, 1.165) is 21.4 Å². The first-order valence-corrected chi connectivity index (χ1v) is 7.11. The molecule has 0 aliphatic carbocycles. The maximum Gasteiger partial charge on any atom is 0.255 e. The largest absolute Gasteiger partial charge is 0.376 e. The van der Waals surface area contributed by atoms with Gasteiger partial charge in [-0.3, -0.25) is 4.79 Å². The number of anilines is 2. The molecule has 3 nitrogen and oxygen atoms in total. The molecule has 4 heteroatoms. The predicted molar refractivity (Wildman–Crippen MR) is 87.6 cm³/mol. The fourth-order valence-corrected chi connectivity index (χ4v) is 2.64. The zero-order valence-electron chi connectivity index (χ0n) is 11.8. The van der Waals surface area contributed by atoms with Crippen molar-refractivity contribution >= 4 is 33.2 Å². The highest BCUT2D eigenvalue weighted by molar-refractivity contribution is 9.10. The third-order valence-electron chi connectivity index (χ3n) is 2.94. The lowest BCUT2D eigenvalue weighted by molar-refractivity contribution is 0.102. The maximum absolute atomic E-state index is 12.3. The lowest BCUT2D eigenvalue weighted by atomic mass is 10.1. The second-order valence-corrected chi connectivity index (χ2v) is 5.80. The van der Waals surface area contributed by atoms with E-state index in [9.17, 15) is 4.79 Å². The van der Waals surface area contributed by atoms with Crippen LogP contribution < -0.4 is 10.2 Å². The molecule has 0 aliphatic rings. The summed E-state index contributed by atoms with van der Waals surface area (Å²) in [6.45, 7) is 1.97. The van der Waals surface area contributed by atoms with Crippen LogP contribution in [0.3, 0.4) is 0 Å². The van der Waals surface area contributed by atoms with Gasteiger partial charge in [0, 0.05) is 24.1 Å². The number of nitrogens with one attached hydrogen (secondary N) is 1. The molecule has 0 heterocycles. The molecule has 0 saturated heterocycles. The van der Waals surface area contributed by atoms with Gasteiger partial charge >= 0.3 is 0 Å². The van der Waals surface area contributed by atoms with E-state index in [1.54, 1.807) is 0 Å². The molecule has 2 rings (SSSR count). The fraction of sp³-hybridized carbons (Fsp3) is 0.188. The highest BCUT2D eigenvalue weighted by atomic mass is 79.9. The zero-order valence-corrected chi connectivity index (χ0v) is 13.4. The van der Waals surface area contributed by atoms with E-state index in [4.69, 9.17) is 0 Å². The van der Waals surface area contributed by atoms with Crippen LogP contribution in [0.5, 0.6) is 0 Å². The van der Waals surface area contributed by atoms with Gasteiger partial charge < -0.3 is 10.2 Å². The molecule has 104 valence electrons. The van der Waals surface area contributed by atoms with Gasteiger partial charge in [0.15, 0.2) is 0 Å². The predicted octanol–water partition coefficient (Wildman–Crippen LogP) is 4.08. The van der Waals surface area contributed by atoms with Crippen molar-refractivity contribution in [1.29, 1.82) is 0 Å². The number of carbonyl (C=O) groups is 1. The van der Waals surface area contributed by atoms with Gasteiger partial charge in [0.05, 0.1) is 11.4 Å². The Labute approximate surface area is 127 Å². The molecule has 1 N–H and O–H groups in total. The summed E-state index contributed by atoms with van der Waals surface area (Å²) in [5.74, 6) is -0.108. The number of hydrogen-bond donors (Lipinski definition) is 1. The number of amides is 1. The van der Waals surface area contributed by atoms with Gasteiger partial charge in [-0.25, -0.2) is 0 Å². The van der Waals surface area contributed by atoms with E-state index in [2.05, 4.69) is 21.2 Å². The summed E-state index contributed by atoms with van der Waals surface area (Å²) < 4.78 is 0.906. The lowest BCUT2D eigenvalue weighted by Crippen LogP contribution is -2.16. The minimum Gasteiger partial charge on any atom is -0.376 e. The Morgan fingerprint density at radius 3 is 2.50 bits per heavy atom. The summed E-state index contributed by atoms with van der Waals surface area (Å²) in [6.07, 6.45) is 0. The monoisotopic (exact) mass is 332 g/mol. The first-order chi connectivity index (χ1) is 9.47. The van der Waals surface area contributed by atoms with E-state index in [-0.39, 0.29) is 5.91 Å². The van der Waals surface area contributed by atoms with Crippen LogP contribution in [0.1, 0.15) is 15.9 Å². The number of carbonyl (C=O) groups excluding carboxylic acids is 1. The van der Waals surface area contributed by atoms with Crippen LogP contribution in [0.4, 0.5) is 11.4 Å². The Morgan fingerprint density at radius 1 is 1.15 bits per heavy atom. The molecular weight excluding hydrogens is 316 g/mol. The molecule has 0 aliphatic heterocycles. The van der Waals surface area contributed by atoms with Crippen molar-refractivity contribution in [2.45, 2.75) is 6.92 Å². The van der Waals surface area contributed by atoms with Gasteiger partial charge in [0.2, 0.25) is 0 Å². The van der Waals surface area contributed by atoms with Crippen molar-refractivity contribution in [3.05, 3.63) is 58.1 Å². The van der Waals surface area contributed by atoms with E-state index in [1.165, 1.54) is 0 Å². The quantitative estimate of drug-likeness (QED) is 0.918. The second-order valence-electron chi connectivity index (χ2n) is 4.88. The summed E-state index contributed by atoms with van der Waals surface area (Å²) in [4.78, 5) is 14.3. The Hall–Kier alpha value is -1.81. The Kier molecular flexibility index (Phi) is 4.45. The van der Waals surface area contributed by atoms with Gasteiger partial charge in [0.25, 0.3) is 5.91 Å². The number of aryl methyl sites for hydroxylation is 1. The van der Waals surface area contributed by atoms with Crippen molar-refractivity contribution in [3.8, 4) is 0 Å². The van der Waals surface area contributed by atoms with Gasteiger partial charge in [-0.1, -0.05) is 28.1 Å². The Balaban J connectivity index is 2.28. The van der Waals surface area contributed by atoms with Crippen molar-refractivity contribution in [1.82, 2.24) is 0 Å². The van der Waals surface area contributed by atoms with E-state index < -0.39 is 0 Å². The van der Waals surface area contributed by atoms with Crippen molar-refractivity contribution < 1.29 is 4.79 Å². The number of hydrogen-bond acceptors (Lipinski definition) is 2. The highest BCUT2D eigenvalue weighted by Crippen LogP contribution is 2.24. The number of para-hydroxylation sites is 2. The number of nitrogens with zero attached hydrogens (tertiary/aromatic N) is 1. The summed E-state index contributed by atoms with van der Waals surface area (Å²) in [6, 6.07) is 13.4. The molecule has 0 unspecified atom stereocenters. The molecular formula is C16H17BrN2O. The lowest BCUT2D eigenvalue weighted by Gasteiger charge is -2.17. The molecule has 0 saturated carbocycles. The molecule has 0 atom stereocenters. The van der Waals surface area contributed by atoms with Crippen LogP contribution in [0.25, 0.3) is 0 Å². The van der Waals surface area contributed by atoms with E-state index in [1.807, 2.05) is 68.4 Å².